The maximum absolute atomic E-state index is 5.46. The summed E-state index contributed by atoms with van der Waals surface area (Å²) in [4.78, 5) is 0. The quantitative estimate of drug-likeness (QED) is 0.807. The van der Waals surface area contributed by atoms with Gasteiger partial charge in [0.05, 0.1) is 7.11 Å². The second-order valence-electron chi connectivity index (χ2n) is 5.53. The van der Waals surface area contributed by atoms with Crippen LogP contribution in [-0.4, -0.2) is 13.7 Å². The molecular weight excluding hydrogens is 234 g/mol. The molecule has 1 N–H and O–H groups in total. The molecule has 1 aliphatic rings. The Morgan fingerprint density at radius 2 is 2.21 bits per heavy atom. The topological polar surface area (TPSA) is 21.3 Å². The fourth-order valence-electron chi connectivity index (χ4n) is 2.69. The van der Waals surface area contributed by atoms with Gasteiger partial charge in [-0.25, -0.2) is 0 Å². The van der Waals surface area contributed by atoms with E-state index < -0.39 is 0 Å². The van der Waals surface area contributed by atoms with Gasteiger partial charge in [-0.15, -0.1) is 0 Å². The van der Waals surface area contributed by atoms with Gasteiger partial charge in [-0.05, 0) is 51.6 Å². The first kappa shape index (κ1) is 14.1. The van der Waals surface area contributed by atoms with Gasteiger partial charge in [0.2, 0.25) is 0 Å². The number of allylic oxidation sites excluding steroid dienone is 2. The highest BCUT2D eigenvalue weighted by Gasteiger charge is 2.14. The standard InChI is InChI=1S/C17H25NO/c1-13-9-10-17(19-3)16(11-13)14(2)18-12-15-7-5-4-6-8-15/h4-5,9-11,14-15,18H,6-8,12H2,1-3H3/t14-,15-/m1/s1. The van der Waals surface area contributed by atoms with E-state index in [0.717, 1.165) is 18.2 Å². The molecule has 1 aromatic rings. The van der Waals surface area contributed by atoms with Crippen molar-refractivity contribution in [3.8, 4) is 5.75 Å². The van der Waals surface area contributed by atoms with E-state index in [-0.39, 0.29) is 0 Å². The molecule has 0 bridgehead atoms. The Morgan fingerprint density at radius 1 is 1.37 bits per heavy atom. The molecule has 0 spiro atoms. The Balaban J connectivity index is 1.96. The zero-order valence-electron chi connectivity index (χ0n) is 12.3. The van der Waals surface area contributed by atoms with E-state index in [0.29, 0.717) is 6.04 Å². The summed E-state index contributed by atoms with van der Waals surface area (Å²) in [6.07, 6.45) is 8.36. The van der Waals surface area contributed by atoms with E-state index in [1.54, 1.807) is 7.11 Å². The number of hydrogen-bond acceptors (Lipinski definition) is 2. The number of methoxy groups -OCH3 is 1. The molecule has 0 aliphatic heterocycles. The van der Waals surface area contributed by atoms with Crippen molar-refractivity contribution < 1.29 is 4.74 Å². The lowest BCUT2D eigenvalue weighted by atomic mass is 9.94. The van der Waals surface area contributed by atoms with Gasteiger partial charge >= 0.3 is 0 Å². The van der Waals surface area contributed by atoms with Crippen LogP contribution in [0.4, 0.5) is 0 Å². The lowest BCUT2D eigenvalue weighted by molar-refractivity contribution is 0.387. The maximum Gasteiger partial charge on any atom is 0.123 e. The van der Waals surface area contributed by atoms with Crippen LogP contribution in [0.25, 0.3) is 0 Å². The van der Waals surface area contributed by atoms with Crippen LogP contribution in [0.1, 0.15) is 43.4 Å². The zero-order valence-corrected chi connectivity index (χ0v) is 12.3. The monoisotopic (exact) mass is 259 g/mol. The first-order valence-electron chi connectivity index (χ1n) is 7.23. The predicted octanol–water partition coefficient (Wildman–Crippen LogP) is 4.01. The summed E-state index contributed by atoms with van der Waals surface area (Å²) < 4.78 is 5.46. The molecule has 2 atom stereocenters. The molecule has 0 heterocycles. The molecule has 0 unspecified atom stereocenters. The molecule has 19 heavy (non-hydrogen) atoms. The lowest BCUT2D eigenvalue weighted by Crippen LogP contribution is -2.26. The molecule has 1 aromatic carbocycles. The van der Waals surface area contributed by atoms with Crippen molar-refractivity contribution in [2.45, 2.75) is 39.2 Å². The van der Waals surface area contributed by atoms with Crippen molar-refractivity contribution in [3.05, 3.63) is 41.5 Å². The summed E-state index contributed by atoms with van der Waals surface area (Å²) in [5.41, 5.74) is 2.54. The van der Waals surface area contributed by atoms with Gasteiger partial charge in [0.1, 0.15) is 5.75 Å². The van der Waals surface area contributed by atoms with Gasteiger partial charge in [0, 0.05) is 11.6 Å². The Kier molecular flexibility index (Phi) is 5.03. The van der Waals surface area contributed by atoms with E-state index in [2.05, 4.69) is 49.5 Å². The highest BCUT2D eigenvalue weighted by atomic mass is 16.5. The van der Waals surface area contributed by atoms with Gasteiger partial charge in [0.25, 0.3) is 0 Å². The third-order valence-corrected chi connectivity index (χ3v) is 3.94. The molecule has 0 fully saturated rings. The Morgan fingerprint density at radius 3 is 2.89 bits per heavy atom. The van der Waals surface area contributed by atoms with Crippen LogP contribution in [0.5, 0.6) is 5.75 Å². The fourth-order valence-corrected chi connectivity index (χ4v) is 2.69. The molecular formula is C17H25NO. The summed E-state index contributed by atoms with van der Waals surface area (Å²) in [5, 5.41) is 3.66. The van der Waals surface area contributed by atoms with E-state index in [1.165, 1.54) is 30.4 Å². The van der Waals surface area contributed by atoms with Crippen molar-refractivity contribution >= 4 is 0 Å². The SMILES string of the molecule is COc1ccc(C)cc1[C@@H](C)NC[C@@H]1CC=CCC1. The third kappa shape index (κ3) is 3.84. The average molecular weight is 259 g/mol. The Labute approximate surface area is 116 Å². The van der Waals surface area contributed by atoms with Gasteiger partial charge in [-0.3, -0.25) is 0 Å². The lowest BCUT2D eigenvalue weighted by Gasteiger charge is -2.23. The third-order valence-electron chi connectivity index (χ3n) is 3.94. The van der Waals surface area contributed by atoms with E-state index in [4.69, 9.17) is 4.74 Å². The molecule has 0 radical (unpaired) electrons. The van der Waals surface area contributed by atoms with Crippen molar-refractivity contribution in [1.29, 1.82) is 0 Å². The van der Waals surface area contributed by atoms with E-state index in [9.17, 15) is 0 Å². The van der Waals surface area contributed by atoms with Crippen LogP contribution in [0.15, 0.2) is 30.4 Å². The smallest absolute Gasteiger partial charge is 0.123 e. The number of aryl methyl sites for hydroxylation is 1. The van der Waals surface area contributed by atoms with Crippen LogP contribution < -0.4 is 10.1 Å². The van der Waals surface area contributed by atoms with Crippen LogP contribution in [0.3, 0.4) is 0 Å². The van der Waals surface area contributed by atoms with Gasteiger partial charge in [-0.1, -0.05) is 29.8 Å². The number of rotatable bonds is 5. The molecule has 104 valence electrons. The highest BCUT2D eigenvalue weighted by molar-refractivity contribution is 5.38. The summed E-state index contributed by atoms with van der Waals surface area (Å²) in [7, 11) is 1.74. The normalized spacial score (nSPS) is 20.3. The molecule has 0 saturated heterocycles. The van der Waals surface area contributed by atoms with E-state index in [1.807, 2.05) is 0 Å². The first-order valence-corrected chi connectivity index (χ1v) is 7.23. The minimum Gasteiger partial charge on any atom is -0.496 e. The predicted molar refractivity (Wildman–Crippen MR) is 80.6 cm³/mol. The minimum atomic E-state index is 0.334. The second kappa shape index (κ2) is 6.76. The number of ether oxygens (including phenoxy) is 1. The summed E-state index contributed by atoms with van der Waals surface area (Å²) in [6, 6.07) is 6.71. The van der Waals surface area contributed by atoms with Crippen LogP contribution in [0.2, 0.25) is 0 Å². The van der Waals surface area contributed by atoms with Gasteiger partial charge in [-0.2, -0.15) is 0 Å². The van der Waals surface area contributed by atoms with Crippen molar-refractivity contribution in [1.82, 2.24) is 5.32 Å². The zero-order chi connectivity index (χ0) is 13.7. The Bertz CT molecular complexity index is 439. The number of benzene rings is 1. The van der Waals surface area contributed by atoms with Crippen molar-refractivity contribution in [2.24, 2.45) is 5.92 Å². The number of nitrogens with one attached hydrogen (secondary N) is 1. The fraction of sp³-hybridized carbons (Fsp3) is 0.529. The van der Waals surface area contributed by atoms with Crippen LogP contribution >= 0.6 is 0 Å². The molecule has 0 saturated carbocycles. The molecule has 1 aliphatic carbocycles. The van der Waals surface area contributed by atoms with Crippen molar-refractivity contribution in [2.75, 3.05) is 13.7 Å². The largest absolute Gasteiger partial charge is 0.496 e. The second-order valence-corrected chi connectivity index (χ2v) is 5.53. The molecule has 2 rings (SSSR count). The average Bonchev–Trinajstić information content (AvgIpc) is 2.46. The highest BCUT2D eigenvalue weighted by Crippen LogP contribution is 2.26. The molecule has 2 heteroatoms. The molecule has 0 amide bonds. The summed E-state index contributed by atoms with van der Waals surface area (Å²) in [5.74, 6) is 1.76. The molecule has 0 aromatic heterocycles. The van der Waals surface area contributed by atoms with Gasteiger partial charge < -0.3 is 10.1 Å². The van der Waals surface area contributed by atoms with E-state index >= 15 is 0 Å². The first-order chi connectivity index (χ1) is 9.20. The van der Waals surface area contributed by atoms with Crippen LogP contribution in [-0.2, 0) is 0 Å². The maximum atomic E-state index is 5.46. The number of hydrogen-bond donors (Lipinski definition) is 1. The molecule has 2 nitrogen and oxygen atoms in total. The minimum absolute atomic E-state index is 0.334. The van der Waals surface area contributed by atoms with Gasteiger partial charge in [0.15, 0.2) is 0 Å². The Hall–Kier alpha value is -1.28. The van der Waals surface area contributed by atoms with Crippen LogP contribution in [0, 0.1) is 12.8 Å². The van der Waals surface area contributed by atoms with Crippen molar-refractivity contribution in [3.63, 3.8) is 0 Å². The summed E-state index contributed by atoms with van der Waals surface area (Å²) in [6.45, 7) is 5.43. The summed E-state index contributed by atoms with van der Waals surface area (Å²) >= 11 is 0.